The molecule has 20 heavy (non-hydrogen) atoms. The molecule has 2 rings (SSSR count). The van der Waals surface area contributed by atoms with Crippen molar-refractivity contribution in [3.05, 3.63) is 63.6 Å². The van der Waals surface area contributed by atoms with Gasteiger partial charge in [0.25, 0.3) is 0 Å². The summed E-state index contributed by atoms with van der Waals surface area (Å²) in [5.41, 5.74) is 8.87. The Morgan fingerprint density at radius 3 is 2.45 bits per heavy atom. The van der Waals surface area contributed by atoms with Gasteiger partial charge in [-0.05, 0) is 42.8 Å². The molecule has 0 aliphatic rings. The molecule has 0 heterocycles. The molecule has 102 valence electrons. The van der Waals surface area contributed by atoms with Crippen molar-refractivity contribution >= 4 is 39.2 Å². The molecule has 0 saturated carbocycles. The number of anilines is 1. The third kappa shape index (κ3) is 3.27. The van der Waals surface area contributed by atoms with Gasteiger partial charge in [0.15, 0.2) is 0 Å². The zero-order valence-corrected chi connectivity index (χ0v) is 12.5. The van der Waals surface area contributed by atoms with Gasteiger partial charge in [0.1, 0.15) is 0 Å². The first kappa shape index (κ1) is 14.3. The first-order valence-electron chi connectivity index (χ1n) is 6.04. The SMILES string of the molecule is Cc1ccc(N)c(/C(=C\c2ccc(Br)cc2)C(=O)O)c1. The molecule has 0 aromatic heterocycles. The molecule has 0 aliphatic heterocycles. The Bertz CT molecular complexity index is 675. The molecular formula is C16H14BrNO2. The van der Waals surface area contributed by atoms with E-state index in [1.54, 1.807) is 18.2 Å². The molecule has 0 fully saturated rings. The fraction of sp³-hybridized carbons (Fsp3) is 0.0625. The van der Waals surface area contributed by atoms with Crippen molar-refractivity contribution < 1.29 is 9.90 Å². The van der Waals surface area contributed by atoms with E-state index in [0.717, 1.165) is 15.6 Å². The second-order valence-electron chi connectivity index (χ2n) is 4.51. The lowest BCUT2D eigenvalue weighted by atomic mass is 9.99. The Morgan fingerprint density at radius 2 is 1.85 bits per heavy atom. The lowest BCUT2D eigenvalue weighted by Gasteiger charge is -2.08. The van der Waals surface area contributed by atoms with E-state index < -0.39 is 5.97 Å². The van der Waals surface area contributed by atoms with E-state index in [9.17, 15) is 9.90 Å². The summed E-state index contributed by atoms with van der Waals surface area (Å²) in [6.07, 6.45) is 1.62. The second kappa shape index (κ2) is 5.92. The quantitative estimate of drug-likeness (QED) is 0.508. The average Bonchev–Trinajstić information content (AvgIpc) is 2.41. The molecule has 4 heteroatoms. The number of hydrogen-bond acceptors (Lipinski definition) is 2. The van der Waals surface area contributed by atoms with Gasteiger partial charge < -0.3 is 10.8 Å². The van der Waals surface area contributed by atoms with Crippen LogP contribution in [0.15, 0.2) is 46.9 Å². The maximum atomic E-state index is 11.5. The number of halogens is 1. The van der Waals surface area contributed by atoms with Crippen LogP contribution < -0.4 is 5.73 Å². The van der Waals surface area contributed by atoms with Crippen LogP contribution in [-0.4, -0.2) is 11.1 Å². The third-order valence-corrected chi connectivity index (χ3v) is 3.44. The molecule has 0 aliphatic carbocycles. The number of aliphatic carboxylic acids is 1. The molecule has 0 bridgehead atoms. The number of nitrogen functional groups attached to an aromatic ring is 1. The highest BCUT2D eigenvalue weighted by molar-refractivity contribution is 9.10. The predicted octanol–water partition coefficient (Wildman–Crippen LogP) is 3.96. The first-order chi connectivity index (χ1) is 9.47. The van der Waals surface area contributed by atoms with E-state index in [-0.39, 0.29) is 5.57 Å². The fourth-order valence-corrected chi connectivity index (χ4v) is 2.15. The topological polar surface area (TPSA) is 63.3 Å². The van der Waals surface area contributed by atoms with E-state index in [4.69, 9.17) is 5.73 Å². The lowest BCUT2D eigenvalue weighted by molar-refractivity contribution is -0.130. The van der Waals surface area contributed by atoms with Crippen molar-refractivity contribution in [2.75, 3.05) is 5.73 Å². The zero-order chi connectivity index (χ0) is 14.7. The number of rotatable bonds is 3. The van der Waals surface area contributed by atoms with Crippen molar-refractivity contribution in [2.24, 2.45) is 0 Å². The van der Waals surface area contributed by atoms with Gasteiger partial charge in [-0.15, -0.1) is 0 Å². The summed E-state index contributed by atoms with van der Waals surface area (Å²) in [4.78, 5) is 11.5. The highest BCUT2D eigenvalue weighted by Gasteiger charge is 2.13. The Kier molecular flexibility index (Phi) is 4.25. The minimum atomic E-state index is -0.995. The Labute approximate surface area is 125 Å². The number of carboxylic acids is 1. The van der Waals surface area contributed by atoms with Crippen LogP contribution in [0.4, 0.5) is 5.69 Å². The summed E-state index contributed by atoms with van der Waals surface area (Å²) in [6.45, 7) is 1.90. The van der Waals surface area contributed by atoms with E-state index in [1.807, 2.05) is 37.3 Å². The van der Waals surface area contributed by atoms with Gasteiger partial charge in [-0.1, -0.05) is 39.7 Å². The Balaban J connectivity index is 2.54. The molecule has 3 N–H and O–H groups in total. The highest BCUT2D eigenvalue weighted by Crippen LogP contribution is 2.25. The normalized spacial score (nSPS) is 11.4. The van der Waals surface area contributed by atoms with E-state index in [2.05, 4.69) is 15.9 Å². The maximum absolute atomic E-state index is 11.5. The van der Waals surface area contributed by atoms with Crippen LogP contribution in [0, 0.1) is 6.92 Å². The first-order valence-corrected chi connectivity index (χ1v) is 6.84. The molecule has 0 atom stereocenters. The zero-order valence-electron chi connectivity index (χ0n) is 10.9. The average molecular weight is 332 g/mol. The smallest absolute Gasteiger partial charge is 0.336 e. The minimum Gasteiger partial charge on any atom is -0.478 e. The van der Waals surface area contributed by atoms with Crippen LogP contribution in [0.5, 0.6) is 0 Å². The summed E-state index contributed by atoms with van der Waals surface area (Å²) in [7, 11) is 0. The molecule has 0 unspecified atom stereocenters. The molecular weight excluding hydrogens is 318 g/mol. The standard InChI is InChI=1S/C16H14BrNO2/c1-10-2-7-15(18)13(8-10)14(16(19)20)9-11-3-5-12(17)6-4-11/h2-9H,18H2,1H3,(H,19,20)/b14-9+. The van der Waals surface area contributed by atoms with Crippen molar-refractivity contribution in [3.8, 4) is 0 Å². The van der Waals surface area contributed by atoms with Gasteiger partial charge in [0.05, 0.1) is 5.57 Å². The number of hydrogen-bond donors (Lipinski definition) is 2. The predicted molar refractivity (Wildman–Crippen MR) is 85.2 cm³/mol. The minimum absolute atomic E-state index is 0.188. The second-order valence-corrected chi connectivity index (χ2v) is 5.42. The largest absolute Gasteiger partial charge is 0.478 e. The van der Waals surface area contributed by atoms with Crippen molar-refractivity contribution in [3.63, 3.8) is 0 Å². The molecule has 0 spiro atoms. The van der Waals surface area contributed by atoms with E-state index in [1.165, 1.54) is 0 Å². The summed E-state index contributed by atoms with van der Waals surface area (Å²) < 4.78 is 0.946. The summed E-state index contributed by atoms with van der Waals surface area (Å²) in [6, 6.07) is 12.8. The number of benzene rings is 2. The van der Waals surface area contributed by atoms with E-state index in [0.29, 0.717) is 11.3 Å². The number of aryl methyl sites for hydroxylation is 1. The van der Waals surface area contributed by atoms with Crippen LogP contribution >= 0.6 is 15.9 Å². The maximum Gasteiger partial charge on any atom is 0.336 e. The van der Waals surface area contributed by atoms with Gasteiger partial charge in [-0.3, -0.25) is 0 Å². The fourth-order valence-electron chi connectivity index (χ4n) is 1.88. The summed E-state index contributed by atoms with van der Waals surface area (Å²) in [5, 5.41) is 9.42. The third-order valence-electron chi connectivity index (χ3n) is 2.91. The highest BCUT2D eigenvalue weighted by atomic mass is 79.9. The lowest BCUT2D eigenvalue weighted by Crippen LogP contribution is -2.03. The van der Waals surface area contributed by atoms with Gasteiger partial charge in [-0.2, -0.15) is 0 Å². The van der Waals surface area contributed by atoms with Crippen molar-refractivity contribution in [1.82, 2.24) is 0 Å². The number of carbonyl (C=O) groups is 1. The van der Waals surface area contributed by atoms with Crippen LogP contribution in [0.25, 0.3) is 11.6 Å². The van der Waals surface area contributed by atoms with Gasteiger partial charge in [0, 0.05) is 15.7 Å². The van der Waals surface area contributed by atoms with Crippen LogP contribution in [0.3, 0.4) is 0 Å². The van der Waals surface area contributed by atoms with E-state index >= 15 is 0 Å². The van der Waals surface area contributed by atoms with Gasteiger partial charge in [0.2, 0.25) is 0 Å². The molecule has 0 radical (unpaired) electrons. The Morgan fingerprint density at radius 1 is 1.20 bits per heavy atom. The monoisotopic (exact) mass is 331 g/mol. The van der Waals surface area contributed by atoms with Crippen LogP contribution in [0.2, 0.25) is 0 Å². The van der Waals surface area contributed by atoms with Crippen LogP contribution in [0.1, 0.15) is 16.7 Å². The molecule has 2 aromatic rings. The number of nitrogens with two attached hydrogens (primary N) is 1. The summed E-state index contributed by atoms with van der Waals surface area (Å²) in [5.74, 6) is -0.995. The Hall–Kier alpha value is -2.07. The molecule has 0 saturated heterocycles. The summed E-state index contributed by atoms with van der Waals surface area (Å²) >= 11 is 3.35. The van der Waals surface area contributed by atoms with Crippen LogP contribution in [-0.2, 0) is 4.79 Å². The van der Waals surface area contributed by atoms with Gasteiger partial charge >= 0.3 is 5.97 Å². The van der Waals surface area contributed by atoms with Gasteiger partial charge in [-0.25, -0.2) is 4.79 Å². The van der Waals surface area contributed by atoms with Crippen molar-refractivity contribution in [2.45, 2.75) is 6.92 Å². The molecule has 0 amide bonds. The number of carboxylic acid groups (broad SMARTS) is 1. The molecule has 2 aromatic carbocycles. The van der Waals surface area contributed by atoms with Crippen molar-refractivity contribution in [1.29, 1.82) is 0 Å². The molecule has 3 nitrogen and oxygen atoms in total.